The topological polar surface area (TPSA) is 666 Å². The van der Waals surface area contributed by atoms with Crippen molar-refractivity contribution in [3.8, 4) is 0 Å². The average molecular weight is 1360 g/mol. The number of ether oxygens (including phenoxy) is 2. The van der Waals surface area contributed by atoms with E-state index in [0.717, 1.165) is 20.8 Å². The summed E-state index contributed by atoms with van der Waals surface area (Å²) in [6, 6.07) is -15.5. The van der Waals surface area contributed by atoms with Gasteiger partial charge in [-0.2, -0.15) is 0 Å². The summed E-state index contributed by atoms with van der Waals surface area (Å²) in [6.07, 6.45) is -9.27. The van der Waals surface area contributed by atoms with E-state index in [0.29, 0.717) is 0 Å². The first-order valence-electron chi connectivity index (χ1n) is 28.9. The summed E-state index contributed by atoms with van der Waals surface area (Å²) in [7, 11) is 0. The number of primary amides is 1. The number of aliphatic hydroxyl groups is 1. The molecule has 41 nitrogen and oxygen atoms in total. The normalized spacial score (nSPS) is 22.6. The second-order valence-electron chi connectivity index (χ2n) is 21.3. The minimum atomic E-state index is -2.38. The maximum atomic E-state index is 14.5. The fourth-order valence-electron chi connectivity index (χ4n) is 8.49. The lowest BCUT2D eigenvalue weighted by Gasteiger charge is -2.30. The molecule has 1 fully saturated rings. The van der Waals surface area contributed by atoms with E-state index in [1.165, 1.54) is 30.3 Å². The highest BCUT2D eigenvalue weighted by molar-refractivity contribution is 6.05. The molecule has 1 aromatic carbocycles. The fourth-order valence-corrected chi connectivity index (χ4v) is 8.49. The summed E-state index contributed by atoms with van der Waals surface area (Å²) in [6.45, 7) is 2.07. The molecule has 0 radical (unpaired) electrons. The molecule has 12 atom stereocenters. The minimum Gasteiger partial charge on any atom is -0.481 e. The van der Waals surface area contributed by atoms with E-state index in [1.807, 2.05) is 26.6 Å². The number of hydrogen-bond donors (Lipinski definition) is 20. The largest absolute Gasteiger partial charge is 0.481 e. The molecule has 0 bridgehead atoms. The summed E-state index contributed by atoms with van der Waals surface area (Å²) in [5, 5.41) is 74.0. The van der Waals surface area contributed by atoms with Gasteiger partial charge in [0.25, 0.3) is 0 Å². The van der Waals surface area contributed by atoms with Crippen molar-refractivity contribution in [2.75, 3.05) is 38.6 Å². The predicted molar refractivity (Wildman–Crippen MR) is 320 cm³/mol. The average Bonchev–Trinajstić information content (AvgIpc) is 0.922. The van der Waals surface area contributed by atoms with E-state index in [4.69, 9.17) is 26.7 Å². The van der Waals surface area contributed by atoms with Gasteiger partial charge in [0.05, 0.1) is 57.8 Å². The first-order valence-corrected chi connectivity index (χ1v) is 28.9. The zero-order valence-corrected chi connectivity index (χ0v) is 51.8. The van der Waals surface area contributed by atoms with E-state index in [-0.39, 0.29) is 30.8 Å². The van der Waals surface area contributed by atoms with Crippen LogP contribution in [0.1, 0.15) is 82.5 Å². The highest BCUT2D eigenvalue weighted by atomic mass is 16.6. The zero-order chi connectivity index (χ0) is 72.7. The first-order chi connectivity index (χ1) is 45.0. The second kappa shape index (κ2) is 39.9. The molecule has 1 aromatic rings. The van der Waals surface area contributed by atoms with Gasteiger partial charge in [0.1, 0.15) is 67.1 Å². The van der Waals surface area contributed by atoms with Crippen molar-refractivity contribution in [3.05, 3.63) is 42.5 Å². The standard InChI is InChI=1S/C55H77N15O26/c1-5-13-95-55(94)59-12-8-11-29-48(87)67-31(18-41(80)81)49(88)62-24(3)45(84)65-30(17-40(78)79)47(86)60-20-38(75)64-34(22-71)51(90)69-43(23(2)14-39(76)77)53(92)68-33(16-35(72)26-9-6-7-10-27(26)56)54(93)96-25(4)44(52(91)61-21-37(74)63-29)70-50(89)32(19-42(82)83)66-46(85)28(57)15-36(58)73/h5-7,9-10,23-25,28-34,43-44,71H,1,8,11-22,56-57H2,2-4H3,(H2,58,73)(H,59,94)(H,60,86)(H,61,91)(H,62,88)(H,63,74)(H,64,75)(H,65,84)(H,66,85)(H,67,87)(H,68,92)(H,69,90)(H,70,89)(H,76,77)(H,78,79)(H,80,81)(H,82,83)/t23?,24-,25-,28-,29+,30+,31+,32+,33+,34-,43+,44+/m1/s1. The molecule has 0 spiro atoms. The molecular weight excluding hydrogens is 1290 g/mol. The molecule has 528 valence electrons. The van der Waals surface area contributed by atoms with Gasteiger partial charge in [-0.1, -0.05) is 31.7 Å². The van der Waals surface area contributed by atoms with Crippen LogP contribution in [0.5, 0.6) is 0 Å². The van der Waals surface area contributed by atoms with Gasteiger partial charge in [0.2, 0.25) is 70.9 Å². The van der Waals surface area contributed by atoms with Crippen LogP contribution >= 0.6 is 0 Å². The lowest BCUT2D eigenvalue weighted by molar-refractivity contribution is -0.156. The Hall–Kier alpha value is -11.4. The lowest BCUT2D eigenvalue weighted by Crippen LogP contribution is -2.61. The van der Waals surface area contributed by atoms with Crippen LogP contribution in [0.4, 0.5) is 10.5 Å². The smallest absolute Gasteiger partial charge is 0.407 e. The Balaban J connectivity index is 2.98. The summed E-state index contributed by atoms with van der Waals surface area (Å²) in [5.74, 6) is -27.7. The molecular formula is C55H77N15O26. The number of nitrogens with one attached hydrogen (secondary N) is 12. The lowest BCUT2D eigenvalue weighted by atomic mass is 9.96. The summed E-state index contributed by atoms with van der Waals surface area (Å²) < 4.78 is 10.4. The highest BCUT2D eigenvalue weighted by Gasteiger charge is 2.40. The fraction of sp³-hybridized carbons (Fsp3) is 0.509. The number of rotatable bonds is 25. The Labute approximate surface area is 544 Å². The number of cyclic esters (lactones) is 1. The Bertz CT molecular complexity index is 3130. The van der Waals surface area contributed by atoms with Crippen molar-refractivity contribution in [3.63, 3.8) is 0 Å². The van der Waals surface area contributed by atoms with Gasteiger partial charge in [-0.15, -0.1) is 0 Å². The van der Waals surface area contributed by atoms with Crippen molar-refractivity contribution < 1.29 is 126 Å². The quantitative estimate of drug-likeness (QED) is 0.0142. The van der Waals surface area contributed by atoms with E-state index in [2.05, 4.69) is 43.8 Å². The molecule has 1 aliphatic rings. The molecule has 13 amide bonds. The Kier molecular flexibility index (Phi) is 33.5. The zero-order valence-electron chi connectivity index (χ0n) is 51.8. The molecule has 1 saturated heterocycles. The van der Waals surface area contributed by atoms with Crippen LogP contribution in [-0.4, -0.2) is 238 Å². The number of esters is 1. The van der Waals surface area contributed by atoms with Gasteiger partial charge >= 0.3 is 35.9 Å². The molecule has 0 aromatic heterocycles. The number of anilines is 1. The maximum absolute atomic E-state index is 14.5. The van der Waals surface area contributed by atoms with Gasteiger partial charge in [-0.3, -0.25) is 81.5 Å². The van der Waals surface area contributed by atoms with Crippen LogP contribution in [-0.2, 0) is 91.0 Å². The van der Waals surface area contributed by atoms with Crippen molar-refractivity contribution in [1.82, 2.24) is 63.8 Å². The van der Waals surface area contributed by atoms with Gasteiger partial charge < -0.3 is 116 Å². The monoisotopic (exact) mass is 1360 g/mol. The molecule has 96 heavy (non-hydrogen) atoms. The van der Waals surface area contributed by atoms with Crippen LogP contribution in [0.25, 0.3) is 0 Å². The van der Waals surface area contributed by atoms with Crippen molar-refractivity contribution in [2.45, 2.75) is 139 Å². The number of carboxylic acids is 4. The van der Waals surface area contributed by atoms with E-state index in [9.17, 15) is 117 Å². The number of Topliss-reactive ketones (excluding diaryl/α,β-unsaturated/α-hetero) is 1. The Morgan fingerprint density at radius 3 is 1.76 bits per heavy atom. The number of aliphatic hydroxyl groups excluding tert-OH is 1. The molecule has 2 rings (SSSR count). The first kappa shape index (κ1) is 80.7. The molecule has 1 aliphatic heterocycles. The van der Waals surface area contributed by atoms with Crippen LogP contribution < -0.4 is 81.0 Å². The SMILES string of the molecule is C=CCOC(=O)NCCC[C@@H]1NC(=O)CNC(=O)[C@@H](NC(=O)[C@H](CC(=O)O)NC(=O)[C@H](N)CC(N)=O)[C@@H](C)OC(=O)[C@H](CC(=O)c2ccccc2N)NC(=O)[C@H](C(C)CC(=O)O)NC(=O)[C@@H](CO)NC(=O)CNC(=O)[C@H](CC(=O)O)NC(=O)[C@@H](C)NC(=O)[C@H](CC(=O)O)NC1=O. The van der Waals surface area contributed by atoms with Crippen molar-refractivity contribution in [2.24, 2.45) is 17.4 Å². The number of hydrogen-bond acceptors (Lipinski definition) is 24. The third-order valence-corrected chi connectivity index (χ3v) is 13.4. The molecule has 1 unspecified atom stereocenters. The molecule has 23 N–H and O–H groups in total. The second-order valence-corrected chi connectivity index (χ2v) is 21.3. The molecule has 41 heteroatoms. The van der Waals surface area contributed by atoms with Crippen molar-refractivity contribution in [1.29, 1.82) is 0 Å². The highest BCUT2D eigenvalue weighted by Crippen LogP contribution is 2.18. The summed E-state index contributed by atoms with van der Waals surface area (Å²) >= 11 is 0. The summed E-state index contributed by atoms with van der Waals surface area (Å²) in [4.78, 5) is 251. The van der Waals surface area contributed by atoms with Gasteiger partial charge in [0.15, 0.2) is 5.78 Å². The van der Waals surface area contributed by atoms with Crippen LogP contribution in [0, 0.1) is 5.92 Å². The predicted octanol–water partition coefficient (Wildman–Crippen LogP) is -9.18. The molecule has 1 heterocycles. The number of carboxylic acid groups (broad SMARTS) is 4. The number of amides is 13. The number of carbonyl (C=O) groups is 19. The van der Waals surface area contributed by atoms with Gasteiger partial charge in [-0.25, -0.2) is 9.59 Å². The number of benzene rings is 1. The number of nitrogens with two attached hydrogens (primary N) is 3. The number of aliphatic carboxylic acids is 4. The maximum Gasteiger partial charge on any atom is 0.407 e. The molecule has 0 saturated carbocycles. The Morgan fingerprint density at radius 2 is 1.20 bits per heavy atom. The van der Waals surface area contributed by atoms with E-state index in [1.54, 1.807) is 0 Å². The molecule has 0 aliphatic carbocycles. The number of carbonyl (C=O) groups excluding carboxylic acids is 15. The van der Waals surface area contributed by atoms with Crippen LogP contribution in [0.15, 0.2) is 36.9 Å². The van der Waals surface area contributed by atoms with Gasteiger partial charge in [-0.05, 0) is 44.7 Å². The number of para-hydroxylation sites is 1. The minimum absolute atomic E-state index is 0.181. The number of alkyl carbamates (subject to hydrolysis) is 1. The third-order valence-electron chi connectivity index (χ3n) is 13.4. The summed E-state index contributed by atoms with van der Waals surface area (Å²) in [5.41, 5.74) is 16.4. The Morgan fingerprint density at radius 1 is 0.656 bits per heavy atom. The van der Waals surface area contributed by atoms with Gasteiger partial charge in [0, 0.05) is 24.2 Å². The van der Waals surface area contributed by atoms with E-state index >= 15 is 0 Å². The van der Waals surface area contributed by atoms with Crippen LogP contribution in [0.3, 0.4) is 0 Å². The third kappa shape index (κ3) is 28.6. The van der Waals surface area contributed by atoms with Crippen molar-refractivity contribution >= 4 is 118 Å². The van der Waals surface area contributed by atoms with Crippen LogP contribution in [0.2, 0.25) is 0 Å². The van der Waals surface area contributed by atoms with E-state index < -0.39 is 250 Å². The number of nitrogen functional groups attached to an aromatic ring is 1. The number of ketones is 1.